The third-order valence-electron chi connectivity index (χ3n) is 0.0913. The Morgan fingerprint density at radius 1 is 1.80 bits per heavy atom. The van der Waals surface area contributed by atoms with E-state index in [-0.39, 0.29) is 58.0 Å². The van der Waals surface area contributed by atoms with Crippen molar-refractivity contribution in [3.8, 4) is 0 Å². The van der Waals surface area contributed by atoms with Crippen LogP contribution in [0.25, 0.3) is 0 Å². The summed E-state index contributed by atoms with van der Waals surface area (Å²) in [5.74, 6) is 0. The molecule has 0 unspecified atom stereocenters. The first kappa shape index (κ1) is 9.75. The summed E-state index contributed by atoms with van der Waals surface area (Å²) < 4.78 is 0. The van der Waals surface area contributed by atoms with Crippen molar-refractivity contribution in [1.82, 2.24) is 0 Å². The van der Waals surface area contributed by atoms with Gasteiger partial charge in [0.1, 0.15) is 0 Å². The van der Waals surface area contributed by atoms with Crippen LogP contribution in [0, 0.1) is 6.92 Å². The van der Waals surface area contributed by atoms with Gasteiger partial charge in [-0.05, 0) is 6.92 Å². The Bertz CT molecular complexity index is 9.61. The number of hydrogen-bond donors (Lipinski definition) is 1. The molecule has 0 aromatic rings. The van der Waals surface area contributed by atoms with Crippen LogP contribution in [0.1, 0.15) is 0 Å². The molecule has 0 spiro atoms. The average molecular weight is 101 g/mol. The van der Waals surface area contributed by atoms with Crippen LogP contribution in [0.3, 0.4) is 0 Å². The van der Waals surface area contributed by atoms with E-state index in [2.05, 4.69) is 11.8 Å². The monoisotopic (exact) mass is 101 g/mol. The van der Waals surface area contributed by atoms with Crippen molar-refractivity contribution in [2.45, 2.75) is 0 Å². The van der Waals surface area contributed by atoms with Gasteiger partial charge in [-0.25, -0.2) is 4.89 Å². The second kappa shape index (κ2) is 9.12. The molecule has 5 heavy (non-hydrogen) atoms. The van der Waals surface area contributed by atoms with Crippen LogP contribution < -0.4 is 0 Å². The van der Waals surface area contributed by atoms with Crippen LogP contribution in [0.5, 0.6) is 0 Å². The quantitative estimate of drug-likeness (QED) is 0.278. The first-order valence-corrected chi connectivity index (χ1v) is 0.971. The van der Waals surface area contributed by atoms with Crippen molar-refractivity contribution in [3.05, 3.63) is 6.92 Å². The van der Waals surface area contributed by atoms with Gasteiger partial charge in [0, 0.05) is 0 Å². The van der Waals surface area contributed by atoms with Crippen LogP contribution in [0.15, 0.2) is 0 Å². The van der Waals surface area contributed by atoms with Gasteiger partial charge in [-0.3, -0.25) is 5.26 Å². The molecule has 0 saturated carbocycles. The predicted octanol–water partition coefficient (Wildman–Crippen LogP) is -0.338. The molecule has 27 valence electrons. The summed E-state index contributed by atoms with van der Waals surface area (Å²) in [5.41, 5.74) is 0. The Labute approximate surface area is 73.9 Å². The van der Waals surface area contributed by atoms with E-state index in [1.807, 2.05) is 0 Å². The van der Waals surface area contributed by atoms with Crippen molar-refractivity contribution >= 4 is 51.4 Å². The van der Waals surface area contributed by atoms with E-state index < -0.39 is 0 Å². The third kappa shape index (κ3) is 10.8. The molecule has 0 aromatic carbocycles. The van der Waals surface area contributed by atoms with Crippen LogP contribution >= 0.6 is 0 Å². The van der Waals surface area contributed by atoms with Gasteiger partial charge in [0.15, 0.2) is 0 Å². The molecule has 1 radical (unpaired) electrons. The molecule has 0 aliphatic heterocycles. The average Bonchev–Trinajstić information content (AvgIpc) is 1.37. The Morgan fingerprint density at radius 2 is 2.00 bits per heavy atom. The first-order valence-electron chi connectivity index (χ1n) is 0.971. The van der Waals surface area contributed by atoms with E-state index >= 15 is 0 Å². The number of rotatable bonds is 1. The molecule has 0 saturated heterocycles. The van der Waals surface area contributed by atoms with E-state index in [1.165, 1.54) is 0 Å². The summed E-state index contributed by atoms with van der Waals surface area (Å²) >= 11 is 0. The molecule has 0 atom stereocenters. The van der Waals surface area contributed by atoms with Crippen molar-refractivity contribution in [1.29, 1.82) is 0 Å². The first-order chi connectivity index (χ1) is 1.91. The van der Waals surface area contributed by atoms with E-state index in [1.54, 1.807) is 0 Å². The molecule has 2 nitrogen and oxygen atoms in total. The molecule has 0 rings (SSSR count). The zero-order valence-electron chi connectivity index (χ0n) is 2.27. The molecule has 0 aliphatic rings. The van der Waals surface area contributed by atoms with Gasteiger partial charge in [0.2, 0.25) is 0 Å². The predicted molar refractivity (Wildman–Crippen MR) is 21.1 cm³/mol. The summed E-state index contributed by atoms with van der Waals surface area (Å²) in [6, 6.07) is 0. The fraction of sp³-hybridized carbons (Fsp3) is 0.500. The molecular weight excluding hydrogens is 95.1 g/mol. The van der Waals surface area contributed by atoms with E-state index in [0.717, 1.165) is 0 Å². The van der Waals surface area contributed by atoms with Crippen molar-refractivity contribution in [2.24, 2.45) is 0 Å². The zero-order valence-corrected chi connectivity index (χ0v) is 2.27. The summed E-state index contributed by atoms with van der Waals surface area (Å²) in [4.78, 5) is 3.43. The maximum absolute atomic E-state index is 7.31. The molecule has 0 fully saturated rings. The summed E-state index contributed by atoms with van der Waals surface area (Å²) in [6.45, 7) is 3.26. The van der Waals surface area contributed by atoms with E-state index in [0.29, 0.717) is 0 Å². The standard InChI is InChI=1S/C2H5O2.K.H/c1-2-4-3;;/h3H,1-2H2;;. The molecule has 1 N–H and O–H groups in total. The van der Waals surface area contributed by atoms with Gasteiger partial charge in [0.25, 0.3) is 0 Å². The minimum atomic E-state index is 0. The Balaban J connectivity index is 0. The molecular formula is C2H6KO2. The van der Waals surface area contributed by atoms with Crippen molar-refractivity contribution in [2.75, 3.05) is 6.61 Å². The number of hydrogen-bond acceptors (Lipinski definition) is 2. The summed E-state index contributed by atoms with van der Waals surface area (Å²) in [7, 11) is 0. The summed E-state index contributed by atoms with van der Waals surface area (Å²) in [5, 5.41) is 7.31. The molecule has 0 heterocycles. The maximum atomic E-state index is 7.31. The van der Waals surface area contributed by atoms with Crippen LogP contribution in [0.2, 0.25) is 0 Å². The normalized spacial score (nSPS) is 6.00. The molecule has 0 aromatic heterocycles. The van der Waals surface area contributed by atoms with Crippen LogP contribution in [-0.4, -0.2) is 63.2 Å². The Morgan fingerprint density at radius 3 is 2.00 bits per heavy atom. The van der Waals surface area contributed by atoms with Gasteiger partial charge in [0.05, 0.1) is 6.61 Å². The summed E-state index contributed by atoms with van der Waals surface area (Å²) in [6.07, 6.45) is 0. The van der Waals surface area contributed by atoms with Crippen LogP contribution in [-0.2, 0) is 4.89 Å². The molecule has 0 amide bonds. The molecule has 0 bridgehead atoms. The molecule has 3 heteroatoms. The SMILES string of the molecule is [CH2]COO.[KH]. The van der Waals surface area contributed by atoms with E-state index in [9.17, 15) is 0 Å². The van der Waals surface area contributed by atoms with E-state index in [4.69, 9.17) is 5.26 Å². The third-order valence-corrected chi connectivity index (χ3v) is 0.0913. The Hall–Kier alpha value is 1.56. The molecule has 0 aliphatic carbocycles. The van der Waals surface area contributed by atoms with Gasteiger partial charge in [-0.15, -0.1) is 0 Å². The van der Waals surface area contributed by atoms with Gasteiger partial charge in [-0.2, -0.15) is 0 Å². The Kier molecular flexibility index (Phi) is 17.8. The van der Waals surface area contributed by atoms with Gasteiger partial charge >= 0.3 is 51.4 Å². The fourth-order valence-corrected chi connectivity index (χ4v) is 0. The van der Waals surface area contributed by atoms with Gasteiger partial charge in [-0.1, -0.05) is 0 Å². The fourth-order valence-electron chi connectivity index (χ4n) is 0. The minimum absolute atomic E-state index is 0. The van der Waals surface area contributed by atoms with Crippen LogP contribution in [0.4, 0.5) is 0 Å². The second-order valence-corrected chi connectivity index (χ2v) is 0.333. The topological polar surface area (TPSA) is 29.5 Å². The van der Waals surface area contributed by atoms with Gasteiger partial charge < -0.3 is 0 Å². The van der Waals surface area contributed by atoms with Crippen molar-refractivity contribution in [3.63, 3.8) is 0 Å². The van der Waals surface area contributed by atoms with Crippen molar-refractivity contribution < 1.29 is 10.1 Å². The second-order valence-electron chi connectivity index (χ2n) is 0.333. The zero-order chi connectivity index (χ0) is 3.41.